The highest BCUT2D eigenvalue weighted by molar-refractivity contribution is 7.11. The summed E-state index contributed by atoms with van der Waals surface area (Å²) >= 11 is 7.66. The number of thiophene rings is 1. The Labute approximate surface area is 170 Å². The molecule has 2 rings (SSSR count). The summed E-state index contributed by atoms with van der Waals surface area (Å²) in [6.45, 7) is 8.56. The van der Waals surface area contributed by atoms with E-state index in [1.165, 1.54) is 4.88 Å². The van der Waals surface area contributed by atoms with Crippen LogP contribution in [0.3, 0.4) is 0 Å². The van der Waals surface area contributed by atoms with Crippen molar-refractivity contribution in [2.45, 2.75) is 52.2 Å². The number of benzene rings is 1. The van der Waals surface area contributed by atoms with Gasteiger partial charge >= 0.3 is 0 Å². The van der Waals surface area contributed by atoms with E-state index in [0.29, 0.717) is 13.1 Å². The zero-order valence-corrected chi connectivity index (χ0v) is 17.9. The second-order valence-electron chi connectivity index (χ2n) is 6.92. The number of alkyl halides is 1. The molecule has 146 valence electrons. The van der Waals surface area contributed by atoms with Gasteiger partial charge in [-0.05, 0) is 45.4 Å². The summed E-state index contributed by atoms with van der Waals surface area (Å²) in [6.07, 6.45) is 0. The van der Waals surface area contributed by atoms with Crippen molar-refractivity contribution in [3.05, 3.63) is 57.8 Å². The van der Waals surface area contributed by atoms with Crippen molar-refractivity contribution >= 4 is 34.8 Å². The molecule has 0 unspecified atom stereocenters. The maximum atomic E-state index is 13.1. The second-order valence-corrected chi connectivity index (χ2v) is 8.95. The Hall–Kier alpha value is -1.85. The van der Waals surface area contributed by atoms with Gasteiger partial charge in [0.05, 0.1) is 6.54 Å². The van der Waals surface area contributed by atoms with Gasteiger partial charge in [-0.2, -0.15) is 0 Å². The first-order valence-electron chi connectivity index (χ1n) is 9.09. The molecule has 4 nitrogen and oxygen atoms in total. The number of amides is 2. The van der Waals surface area contributed by atoms with E-state index in [1.807, 2.05) is 49.1 Å². The van der Waals surface area contributed by atoms with Crippen LogP contribution in [0, 0.1) is 6.92 Å². The molecule has 0 fully saturated rings. The Balaban J connectivity index is 2.19. The number of rotatable bonds is 8. The molecular formula is C21H27ClN2O2S. The molecule has 0 N–H and O–H groups in total. The van der Waals surface area contributed by atoms with Crippen LogP contribution >= 0.6 is 22.9 Å². The minimum Gasteiger partial charge on any atom is -0.332 e. The van der Waals surface area contributed by atoms with Crippen LogP contribution in [-0.2, 0) is 22.7 Å². The maximum Gasteiger partial charge on any atom is 0.242 e. The van der Waals surface area contributed by atoms with Crippen molar-refractivity contribution in [1.29, 1.82) is 0 Å². The highest BCUT2D eigenvalue weighted by atomic mass is 35.5. The molecule has 1 atom stereocenters. The Bertz CT molecular complexity index is 759. The number of halogens is 1. The molecule has 1 heterocycles. The normalized spacial score (nSPS) is 12.1. The lowest BCUT2D eigenvalue weighted by Crippen LogP contribution is -2.47. The number of hydrogen-bond donors (Lipinski definition) is 0. The van der Waals surface area contributed by atoms with Crippen LogP contribution < -0.4 is 0 Å². The van der Waals surface area contributed by atoms with Crippen LogP contribution in [0.25, 0.3) is 0 Å². The first kappa shape index (κ1) is 21.5. The quantitative estimate of drug-likeness (QED) is 0.607. The molecule has 0 aliphatic carbocycles. The van der Waals surface area contributed by atoms with Crippen molar-refractivity contribution in [2.24, 2.45) is 0 Å². The van der Waals surface area contributed by atoms with Crippen LogP contribution in [0.5, 0.6) is 0 Å². The lowest BCUT2D eigenvalue weighted by Gasteiger charge is -2.30. The Morgan fingerprint density at radius 2 is 1.70 bits per heavy atom. The van der Waals surface area contributed by atoms with Crippen LogP contribution in [-0.4, -0.2) is 39.6 Å². The molecule has 2 aromatic rings. The molecule has 27 heavy (non-hydrogen) atoms. The lowest BCUT2D eigenvalue weighted by atomic mass is 10.2. The Kier molecular flexibility index (Phi) is 7.87. The number of aryl methyl sites for hydroxylation is 1. The number of carbonyl (C=O) groups is 2. The summed E-state index contributed by atoms with van der Waals surface area (Å²) in [4.78, 5) is 31.2. The molecule has 0 aliphatic rings. The highest BCUT2D eigenvalue weighted by Gasteiger charge is 2.26. The molecule has 6 heteroatoms. The fourth-order valence-corrected chi connectivity index (χ4v) is 3.81. The summed E-state index contributed by atoms with van der Waals surface area (Å²) in [5.74, 6) is -0.295. The molecule has 0 bridgehead atoms. The van der Waals surface area contributed by atoms with Crippen LogP contribution in [0.2, 0.25) is 0 Å². The topological polar surface area (TPSA) is 40.6 Å². The summed E-state index contributed by atoms with van der Waals surface area (Å²) in [7, 11) is 0. The summed E-state index contributed by atoms with van der Waals surface area (Å²) < 4.78 is 0. The van der Waals surface area contributed by atoms with Gasteiger partial charge in [0.25, 0.3) is 0 Å². The van der Waals surface area contributed by atoms with E-state index in [1.54, 1.807) is 23.2 Å². The fourth-order valence-electron chi connectivity index (χ4n) is 2.78. The lowest BCUT2D eigenvalue weighted by molar-refractivity contribution is -0.142. The summed E-state index contributed by atoms with van der Waals surface area (Å²) in [5.41, 5.74) is 1.06. The van der Waals surface area contributed by atoms with Gasteiger partial charge in [-0.3, -0.25) is 9.59 Å². The van der Waals surface area contributed by atoms with Crippen molar-refractivity contribution in [1.82, 2.24) is 9.80 Å². The minimum atomic E-state index is -0.650. The Morgan fingerprint density at radius 1 is 1.04 bits per heavy atom. The van der Waals surface area contributed by atoms with E-state index in [2.05, 4.69) is 19.1 Å². The number of carbonyl (C=O) groups excluding carboxylic acids is 2. The maximum absolute atomic E-state index is 13.1. The molecular weight excluding hydrogens is 380 g/mol. The molecule has 1 aromatic heterocycles. The van der Waals surface area contributed by atoms with E-state index in [4.69, 9.17) is 11.6 Å². The van der Waals surface area contributed by atoms with Gasteiger partial charge in [-0.15, -0.1) is 22.9 Å². The fraction of sp³-hybridized carbons (Fsp3) is 0.429. The van der Waals surface area contributed by atoms with Crippen molar-refractivity contribution in [2.75, 3.05) is 6.54 Å². The molecule has 0 spiro atoms. The van der Waals surface area contributed by atoms with Gasteiger partial charge in [0.15, 0.2) is 0 Å². The molecule has 0 saturated carbocycles. The van der Waals surface area contributed by atoms with Crippen LogP contribution in [0.15, 0.2) is 42.5 Å². The smallest absolute Gasteiger partial charge is 0.242 e. The first-order chi connectivity index (χ1) is 12.8. The molecule has 1 aromatic carbocycles. The van der Waals surface area contributed by atoms with Gasteiger partial charge < -0.3 is 9.80 Å². The first-order valence-corrected chi connectivity index (χ1v) is 10.3. The van der Waals surface area contributed by atoms with Crippen LogP contribution in [0.1, 0.15) is 36.1 Å². The van der Waals surface area contributed by atoms with E-state index in [9.17, 15) is 9.59 Å². The average molecular weight is 407 g/mol. The van der Waals surface area contributed by atoms with Crippen molar-refractivity contribution < 1.29 is 9.59 Å². The predicted molar refractivity (Wildman–Crippen MR) is 112 cm³/mol. The van der Waals surface area contributed by atoms with E-state index < -0.39 is 5.38 Å². The molecule has 0 saturated heterocycles. The van der Waals surface area contributed by atoms with Gasteiger partial charge in [0.1, 0.15) is 11.9 Å². The third-order valence-corrected chi connectivity index (χ3v) is 5.44. The molecule has 0 aliphatic heterocycles. The minimum absolute atomic E-state index is 0.0325. The average Bonchev–Trinajstić information content (AvgIpc) is 3.03. The third-order valence-electron chi connectivity index (χ3n) is 4.26. The Morgan fingerprint density at radius 3 is 2.22 bits per heavy atom. The SMILES string of the molecule is Cc1ccc(CN(Cc2ccccc2)C(=O)CN(C(=O)[C@H](C)Cl)C(C)C)s1. The largest absolute Gasteiger partial charge is 0.332 e. The van der Waals surface area contributed by atoms with Crippen molar-refractivity contribution in [3.8, 4) is 0 Å². The second kappa shape index (κ2) is 9.90. The number of nitrogens with zero attached hydrogens (tertiary/aromatic N) is 2. The van der Waals surface area contributed by atoms with Gasteiger partial charge in [-0.25, -0.2) is 0 Å². The molecule has 2 amide bonds. The van der Waals surface area contributed by atoms with Crippen LogP contribution in [0.4, 0.5) is 0 Å². The summed E-state index contributed by atoms with van der Waals surface area (Å²) in [6, 6.07) is 13.9. The zero-order valence-electron chi connectivity index (χ0n) is 16.3. The third kappa shape index (κ3) is 6.36. The summed E-state index contributed by atoms with van der Waals surface area (Å²) in [5, 5.41) is -0.650. The molecule has 0 radical (unpaired) electrons. The monoisotopic (exact) mass is 406 g/mol. The van der Waals surface area contributed by atoms with E-state index in [-0.39, 0.29) is 24.4 Å². The van der Waals surface area contributed by atoms with Gasteiger partial charge in [0, 0.05) is 22.3 Å². The number of hydrogen-bond acceptors (Lipinski definition) is 3. The zero-order chi connectivity index (χ0) is 20.0. The standard InChI is InChI=1S/C21H27ClN2O2S/c1-15(2)24(21(26)17(4)22)14-20(25)23(12-18-8-6-5-7-9-18)13-19-11-10-16(3)27-19/h5-11,15,17H,12-14H2,1-4H3/t17-/m0/s1. The predicted octanol–water partition coefficient (Wildman–Crippen LogP) is 4.45. The van der Waals surface area contributed by atoms with E-state index >= 15 is 0 Å². The van der Waals surface area contributed by atoms with Gasteiger partial charge in [0.2, 0.25) is 11.8 Å². The van der Waals surface area contributed by atoms with Crippen molar-refractivity contribution in [3.63, 3.8) is 0 Å². The highest BCUT2D eigenvalue weighted by Crippen LogP contribution is 2.19. The van der Waals surface area contributed by atoms with Gasteiger partial charge in [-0.1, -0.05) is 30.3 Å². The van der Waals surface area contributed by atoms with E-state index in [0.717, 1.165) is 10.4 Å².